The monoisotopic (exact) mass is 321 g/mol. The van der Waals surface area contributed by atoms with Gasteiger partial charge in [-0.1, -0.05) is 0 Å². The number of fused-ring (bicyclic) bond motifs is 1. The molecule has 4 heterocycles. The largest absolute Gasteiger partial charge is 0.310 e. The second-order valence-corrected chi connectivity index (χ2v) is 6.90. The highest BCUT2D eigenvalue weighted by Gasteiger charge is 2.42. The maximum Gasteiger partial charge on any atom is 0.230 e. The van der Waals surface area contributed by atoms with Gasteiger partial charge in [0.05, 0.1) is 17.4 Å². The topological polar surface area (TPSA) is 55.4 Å². The molecule has 1 aliphatic heterocycles. The average Bonchev–Trinajstić information content (AvgIpc) is 3.00. The van der Waals surface area contributed by atoms with Gasteiger partial charge in [-0.15, -0.1) is 0 Å². The molecule has 0 bridgehead atoms. The van der Waals surface area contributed by atoms with E-state index in [1.807, 2.05) is 41.1 Å². The molecular formula is C18H19N5O. The van der Waals surface area contributed by atoms with Gasteiger partial charge in [-0.25, -0.2) is 4.52 Å². The summed E-state index contributed by atoms with van der Waals surface area (Å²) in [5.41, 5.74) is 4.06. The van der Waals surface area contributed by atoms with Gasteiger partial charge in [-0.3, -0.25) is 9.48 Å². The van der Waals surface area contributed by atoms with Gasteiger partial charge in [0.15, 0.2) is 0 Å². The van der Waals surface area contributed by atoms with Crippen LogP contribution in [0.3, 0.4) is 0 Å². The summed E-state index contributed by atoms with van der Waals surface area (Å²) in [6, 6.07) is 4.05. The minimum absolute atomic E-state index is 0.228. The maximum atomic E-state index is 12.8. The molecule has 24 heavy (non-hydrogen) atoms. The van der Waals surface area contributed by atoms with Crippen LogP contribution in [0.5, 0.6) is 0 Å². The van der Waals surface area contributed by atoms with Crippen LogP contribution in [-0.4, -0.2) is 31.8 Å². The van der Waals surface area contributed by atoms with Gasteiger partial charge in [-0.2, -0.15) is 10.2 Å². The number of hydrogen-bond acceptors (Lipinski definition) is 3. The molecular weight excluding hydrogens is 302 g/mol. The number of carbonyl (C=O) groups excluding carboxylic acids is 1. The zero-order valence-electron chi connectivity index (χ0n) is 13.6. The smallest absolute Gasteiger partial charge is 0.230 e. The van der Waals surface area contributed by atoms with Crippen molar-refractivity contribution in [3.63, 3.8) is 0 Å². The van der Waals surface area contributed by atoms with E-state index < -0.39 is 0 Å². The Kier molecular flexibility index (Phi) is 2.83. The Morgan fingerprint density at radius 3 is 2.75 bits per heavy atom. The van der Waals surface area contributed by atoms with E-state index >= 15 is 0 Å². The minimum Gasteiger partial charge on any atom is -0.310 e. The van der Waals surface area contributed by atoms with Crippen molar-refractivity contribution in [2.45, 2.75) is 19.3 Å². The zero-order chi connectivity index (χ0) is 16.3. The Labute approximate surface area is 139 Å². The van der Waals surface area contributed by atoms with Crippen LogP contribution in [0, 0.1) is 11.8 Å². The van der Waals surface area contributed by atoms with Crippen molar-refractivity contribution in [3.05, 3.63) is 36.9 Å². The van der Waals surface area contributed by atoms with Gasteiger partial charge in [0, 0.05) is 49.2 Å². The molecule has 0 radical (unpaired) electrons. The van der Waals surface area contributed by atoms with Crippen molar-refractivity contribution in [1.82, 2.24) is 19.4 Å². The van der Waals surface area contributed by atoms with Crippen LogP contribution in [0.4, 0.5) is 5.69 Å². The number of anilines is 1. The lowest BCUT2D eigenvalue weighted by molar-refractivity contribution is -0.120. The standard InChI is InChI=1S/C18H19N5O/c1-21-10-14(9-20-21)13-8-17-16(4-6-19-23(17)11-13)22-7-5-15(18(22)24)12-2-3-12/h4,6,8-12,15H,2-3,5,7H2,1H3/t15-/m0/s1. The molecule has 2 fully saturated rings. The van der Waals surface area contributed by atoms with E-state index in [-0.39, 0.29) is 11.8 Å². The molecule has 1 saturated heterocycles. The van der Waals surface area contributed by atoms with Crippen LogP contribution < -0.4 is 4.90 Å². The Hall–Kier alpha value is -2.63. The van der Waals surface area contributed by atoms with E-state index in [1.165, 1.54) is 12.8 Å². The first-order valence-electron chi connectivity index (χ1n) is 8.48. The number of aryl methyl sites for hydroxylation is 1. The van der Waals surface area contributed by atoms with Gasteiger partial charge in [-0.05, 0) is 37.3 Å². The number of aromatic nitrogens is 4. The van der Waals surface area contributed by atoms with E-state index in [9.17, 15) is 4.79 Å². The molecule has 1 saturated carbocycles. The van der Waals surface area contributed by atoms with Crippen molar-refractivity contribution in [3.8, 4) is 11.1 Å². The fraction of sp³-hybridized carbons (Fsp3) is 0.389. The summed E-state index contributed by atoms with van der Waals surface area (Å²) in [5, 5.41) is 8.64. The number of rotatable bonds is 3. The summed E-state index contributed by atoms with van der Waals surface area (Å²) >= 11 is 0. The Balaban J connectivity index is 1.56. The highest BCUT2D eigenvalue weighted by Crippen LogP contribution is 2.43. The highest BCUT2D eigenvalue weighted by atomic mass is 16.2. The molecule has 122 valence electrons. The molecule has 0 spiro atoms. The first-order valence-corrected chi connectivity index (χ1v) is 8.48. The summed E-state index contributed by atoms with van der Waals surface area (Å²) in [7, 11) is 1.91. The second kappa shape index (κ2) is 4.93. The normalized spacial score (nSPS) is 21.1. The number of nitrogens with zero attached hydrogens (tertiary/aromatic N) is 5. The van der Waals surface area contributed by atoms with Crippen molar-refractivity contribution in [2.24, 2.45) is 18.9 Å². The number of carbonyl (C=O) groups is 1. The van der Waals surface area contributed by atoms with Crippen molar-refractivity contribution >= 4 is 17.1 Å². The SMILES string of the molecule is Cn1cc(-c2cc3c(N4CC[C@@H](C5CC5)C4=O)ccnn3c2)cn1. The van der Waals surface area contributed by atoms with E-state index in [1.54, 1.807) is 10.9 Å². The van der Waals surface area contributed by atoms with Gasteiger partial charge in [0.2, 0.25) is 5.91 Å². The fourth-order valence-electron chi connectivity index (χ4n) is 3.83. The van der Waals surface area contributed by atoms with Crippen molar-refractivity contribution in [2.75, 3.05) is 11.4 Å². The van der Waals surface area contributed by atoms with Gasteiger partial charge < -0.3 is 4.90 Å². The molecule has 6 nitrogen and oxygen atoms in total. The van der Waals surface area contributed by atoms with Crippen molar-refractivity contribution < 1.29 is 4.79 Å². The molecule has 2 aliphatic rings. The third-order valence-corrected chi connectivity index (χ3v) is 5.25. The lowest BCUT2D eigenvalue weighted by Crippen LogP contribution is -2.28. The van der Waals surface area contributed by atoms with E-state index in [0.29, 0.717) is 5.92 Å². The molecule has 0 aromatic carbocycles. The van der Waals surface area contributed by atoms with Crippen LogP contribution in [0.25, 0.3) is 16.6 Å². The van der Waals surface area contributed by atoms with Crippen LogP contribution >= 0.6 is 0 Å². The summed E-state index contributed by atoms with van der Waals surface area (Å²) in [5.74, 6) is 1.14. The number of hydrogen-bond donors (Lipinski definition) is 0. The predicted octanol–water partition coefficient (Wildman–Crippen LogP) is 2.50. The van der Waals surface area contributed by atoms with Crippen LogP contribution in [-0.2, 0) is 11.8 Å². The zero-order valence-corrected chi connectivity index (χ0v) is 13.6. The molecule has 6 heteroatoms. The Bertz CT molecular complexity index is 936. The first-order chi connectivity index (χ1) is 11.7. The second-order valence-electron chi connectivity index (χ2n) is 6.90. The molecule has 0 unspecified atom stereocenters. The fourth-order valence-corrected chi connectivity index (χ4v) is 3.83. The summed E-state index contributed by atoms with van der Waals surface area (Å²) in [4.78, 5) is 14.7. The van der Waals surface area contributed by atoms with Gasteiger partial charge in [0.25, 0.3) is 0 Å². The van der Waals surface area contributed by atoms with E-state index in [0.717, 1.165) is 35.3 Å². The summed E-state index contributed by atoms with van der Waals surface area (Å²) in [6.07, 6.45) is 11.0. The van der Waals surface area contributed by atoms with Gasteiger partial charge in [0.1, 0.15) is 0 Å². The van der Waals surface area contributed by atoms with Gasteiger partial charge >= 0.3 is 0 Å². The molecule has 3 aromatic rings. The first kappa shape index (κ1) is 13.8. The molecule has 1 amide bonds. The van der Waals surface area contributed by atoms with Crippen LogP contribution in [0.15, 0.2) is 36.9 Å². The molecule has 0 N–H and O–H groups in total. The van der Waals surface area contributed by atoms with Crippen molar-refractivity contribution in [1.29, 1.82) is 0 Å². The molecule has 5 rings (SSSR count). The number of amides is 1. The Morgan fingerprint density at radius 2 is 2.00 bits per heavy atom. The molecule has 3 aromatic heterocycles. The van der Waals surface area contributed by atoms with E-state index in [2.05, 4.69) is 16.3 Å². The lowest BCUT2D eigenvalue weighted by atomic mass is 10.0. The van der Waals surface area contributed by atoms with E-state index in [4.69, 9.17) is 0 Å². The third kappa shape index (κ3) is 2.06. The highest BCUT2D eigenvalue weighted by molar-refractivity contribution is 6.01. The lowest BCUT2D eigenvalue weighted by Gasteiger charge is -2.17. The molecule has 1 atom stereocenters. The summed E-state index contributed by atoms with van der Waals surface area (Å²) < 4.78 is 3.64. The molecule has 1 aliphatic carbocycles. The van der Waals surface area contributed by atoms with Crippen LogP contribution in [0.2, 0.25) is 0 Å². The average molecular weight is 321 g/mol. The quantitative estimate of drug-likeness (QED) is 0.745. The summed E-state index contributed by atoms with van der Waals surface area (Å²) in [6.45, 7) is 0.813. The maximum absolute atomic E-state index is 12.8. The minimum atomic E-state index is 0.228. The van der Waals surface area contributed by atoms with Crippen LogP contribution in [0.1, 0.15) is 19.3 Å². The third-order valence-electron chi connectivity index (χ3n) is 5.25. The Morgan fingerprint density at radius 1 is 1.12 bits per heavy atom. The predicted molar refractivity (Wildman–Crippen MR) is 90.6 cm³/mol.